The van der Waals surface area contributed by atoms with Crippen molar-refractivity contribution < 1.29 is 19.7 Å². The fraction of sp³-hybridized carbons (Fsp3) is 0.235. The molecule has 0 spiro atoms. The minimum atomic E-state index is -1.18. The molecular formula is C17H19N5O5. The van der Waals surface area contributed by atoms with Gasteiger partial charge in [0, 0.05) is 12.1 Å². The third kappa shape index (κ3) is 5.96. The average Bonchev–Trinajstić information content (AvgIpc) is 2.62. The third-order valence-electron chi connectivity index (χ3n) is 3.75. The first-order valence-electron chi connectivity index (χ1n) is 8.10. The summed E-state index contributed by atoms with van der Waals surface area (Å²) >= 11 is 0. The molecule has 0 bridgehead atoms. The topological polar surface area (TPSA) is 160 Å². The van der Waals surface area contributed by atoms with E-state index in [4.69, 9.17) is 5.73 Å². The number of guanidine groups is 1. The summed E-state index contributed by atoms with van der Waals surface area (Å²) in [4.78, 5) is 37.6. The van der Waals surface area contributed by atoms with E-state index < -0.39 is 23.0 Å². The van der Waals surface area contributed by atoms with Crippen molar-refractivity contribution in [1.82, 2.24) is 10.7 Å². The van der Waals surface area contributed by atoms with E-state index in [1.807, 2.05) is 24.3 Å². The largest absolute Gasteiger partial charge is 0.480 e. The zero-order valence-electron chi connectivity index (χ0n) is 14.3. The van der Waals surface area contributed by atoms with Crippen molar-refractivity contribution in [1.29, 1.82) is 0 Å². The molecule has 27 heavy (non-hydrogen) atoms. The van der Waals surface area contributed by atoms with Crippen LogP contribution in [0.5, 0.6) is 0 Å². The van der Waals surface area contributed by atoms with Crippen molar-refractivity contribution in [3.8, 4) is 0 Å². The normalized spacial score (nSPS) is 12.4. The maximum atomic E-state index is 12.4. The van der Waals surface area contributed by atoms with E-state index in [9.17, 15) is 24.8 Å². The minimum absolute atomic E-state index is 0.0856. The molecule has 10 heteroatoms. The molecule has 0 aromatic heterocycles. The molecule has 0 aliphatic carbocycles. The molecule has 5 N–H and O–H groups in total. The van der Waals surface area contributed by atoms with Gasteiger partial charge >= 0.3 is 5.97 Å². The molecule has 0 saturated heterocycles. The van der Waals surface area contributed by atoms with Gasteiger partial charge in [0.15, 0.2) is 5.03 Å². The number of nitrogens with one attached hydrogen (secondary N) is 2. The number of hydrazine groups is 1. The van der Waals surface area contributed by atoms with E-state index >= 15 is 0 Å². The molecule has 0 fully saturated rings. The number of hydrogen-bond donors (Lipinski definition) is 4. The number of carbonyl (C=O) groups excluding carboxylic acids is 1. The summed E-state index contributed by atoms with van der Waals surface area (Å²) in [5.74, 6) is -2.04. The van der Waals surface area contributed by atoms with Crippen LogP contribution < -0.4 is 16.5 Å². The van der Waals surface area contributed by atoms with Crippen LogP contribution in [-0.2, 0) is 4.79 Å². The van der Waals surface area contributed by atoms with Gasteiger partial charge in [-0.1, -0.05) is 35.8 Å². The molecule has 0 radical (unpaired) electrons. The van der Waals surface area contributed by atoms with Crippen LogP contribution in [0.15, 0.2) is 47.5 Å². The van der Waals surface area contributed by atoms with Gasteiger partial charge < -0.3 is 16.2 Å². The zero-order valence-corrected chi connectivity index (χ0v) is 14.3. The van der Waals surface area contributed by atoms with Crippen LogP contribution in [0.3, 0.4) is 0 Å². The molecule has 0 aliphatic rings. The summed E-state index contributed by atoms with van der Waals surface area (Å²) in [6.07, 6.45) is 0.374. The van der Waals surface area contributed by atoms with Crippen molar-refractivity contribution in [2.45, 2.75) is 18.9 Å². The lowest BCUT2D eigenvalue weighted by atomic mass is 10.1. The Hall–Kier alpha value is -3.69. The maximum absolute atomic E-state index is 12.4. The predicted molar refractivity (Wildman–Crippen MR) is 98.7 cm³/mol. The number of benzene rings is 2. The number of aliphatic carboxylic acids is 1. The second-order valence-corrected chi connectivity index (χ2v) is 5.70. The predicted octanol–water partition coefficient (Wildman–Crippen LogP) is 0.899. The lowest BCUT2D eigenvalue weighted by Gasteiger charge is -2.14. The van der Waals surface area contributed by atoms with Gasteiger partial charge in [-0.05, 0) is 35.7 Å². The summed E-state index contributed by atoms with van der Waals surface area (Å²) in [6.45, 7) is 0.0856. The summed E-state index contributed by atoms with van der Waals surface area (Å²) in [6, 6.07) is 11.5. The van der Waals surface area contributed by atoms with Gasteiger partial charge in [-0.15, -0.1) is 0 Å². The first-order chi connectivity index (χ1) is 12.9. The summed E-state index contributed by atoms with van der Waals surface area (Å²) < 4.78 is 0. The molecular weight excluding hydrogens is 354 g/mol. The number of carbonyl (C=O) groups is 2. The van der Waals surface area contributed by atoms with E-state index in [2.05, 4.69) is 10.3 Å². The van der Waals surface area contributed by atoms with E-state index in [0.717, 1.165) is 10.8 Å². The highest BCUT2D eigenvalue weighted by Gasteiger charge is 2.20. The van der Waals surface area contributed by atoms with Gasteiger partial charge in [-0.25, -0.2) is 19.9 Å². The zero-order chi connectivity index (χ0) is 19.8. The number of carboxylic acid groups (broad SMARTS) is 1. The Kier molecular flexibility index (Phi) is 6.64. The first-order valence-corrected chi connectivity index (χ1v) is 8.10. The standard InChI is InChI=1S/C17H19N5O5/c18-17(21-22(26)27)19-9-3-6-14(16(24)25)20-15(23)13-8-7-11-4-1-2-5-12(11)10-13/h1-2,4-5,7-8,10,14H,3,6,9H2,(H,20,23)(H,24,25)(H3,18,19,21). The van der Waals surface area contributed by atoms with Crippen molar-refractivity contribution >= 4 is 28.6 Å². The summed E-state index contributed by atoms with van der Waals surface area (Å²) in [7, 11) is 0. The highest BCUT2D eigenvalue weighted by molar-refractivity contribution is 6.00. The van der Waals surface area contributed by atoms with Gasteiger partial charge in [0.2, 0.25) is 0 Å². The fourth-order valence-corrected chi connectivity index (χ4v) is 2.45. The second kappa shape index (κ2) is 9.13. The molecule has 0 heterocycles. The van der Waals surface area contributed by atoms with Crippen molar-refractivity contribution in [3.05, 3.63) is 58.1 Å². The van der Waals surface area contributed by atoms with E-state index in [0.29, 0.717) is 5.56 Å². The lowest BCUT2D eigenvalue weighted by molar-refractivity contribution is -0.525. The Bertz CT molecular complexity index is 883. The van der Waals surface area contributed by atoms with Gasteiger partial charge in [-0.2, -0.15) is 0 Å². The van der Waals surface area contributed by atoms with Crippen molar-refractivity contribution in [2.75, 3.05) is 6.54 Å². The number of aliphatic imine (C=N–C) groups is 1. The molecule has 2 rings (SSSR count). The Labute approximate surface area is 154 Å². The smallest absolute Gasteiger partial charge is 0.326 e. The van der Waals surface area contributed by atoms with Gasteiger partial charge in [0.1, 0.15) is 6.04 Å². The fourth-order valence-electron chi connectivity index (χ4n) is 2.45. The maximum Gasteiger partial charge on any atom is 0.326 e. The number of carboxylic acids is 1. The molecule has 2 aromatic carbocycles. The van der Waals surface area contributed by atoms with Gasteiger partial charge in [0.05, 0.1) is 0 Å². The third-order valence-corrected chi connectivity index (χ3v) is 3.75. The monoisotopic (exact) mass is 373 g/mol. The molecule has 1 atom stereocenters. The van der Waals surface area contributed by atoms with E-state index in [1.165, 1.54) is 0 Å². The Balaban J connectivity index is 1.95. The van der Waals surface area contributed by atoms with Crippen LogP contribution in [-0.4, -0.2) is 40.6 Å². The molecule has 142 valence electrons. The molecule has 1 amide bonds. The van der Waals surface area contributed by atoms with Crippen LogP contribution in [0.25, 0.3) is 10.8 Å². The number of hydrogen-bond acceptors (Lipinski definition) is 5. The lowest BCUT2D eigenvalue weighted by Crippen LogP contribution is -2.41. The number of amides is 1. The molecule has 10 nitrogen and oxygen atoms in total. The van der Waals surface area contributed by atoms with Crippen molar-refractivity contribution in [2.24, 2.45) is 10.7 Å². The summed E-state index contributed by atoms with van der Waals surface area (Å²) in [5.41, 5.74) is 7.31. The SMILES string of the molecule is NC(=NCCCC(NC(=O)c1ccc2ccccc2c1)C(=O)O)N[N+](=O)[O-]. The molecule has 1 unspecified atom stereocenters. The number of nitro groups is 1. The number of nitrogens with two attached hydrogens (primary N) is 1. The van der Waals surface area contributed by atoms with Crippen LogP contribution in [0, 0.1) is 10.1 Å². The Morgan fingerprint density at radius 3 is 2.59 bits per heavy atom. The van der Waals surface area contributed by atoms with Gasteiger partial charge in [0.25, 0.3) is 11.9 Å². The molecule has 0 saturated carbocycles. The first kappa shape index (κ1) is 19.6. The van der Waals surface area contributed by atoms with Crippen LogP contribution in [0.1, 0.15) is 23.2 Å². The Morgan fingerprint density at radius 2 is 1.93 bits per heavy atom. The highest BCUT2D eigenvalue weighted by atomic mass is 16.7. The number of rotatable bonds is 8. The van der Waals surface area contributed by atoms with Crippen LogP contribution in [0.4, 0.5) is 0 Å². The van der Waals surface area contributed by atoms with E-state index in [1.54, 1.807) is 23.6 Å². The molecule has 2 aromatic rings. The van der Waals surface area contributed by atoms with Crippen molar-refractivity contribution in [3.63, 3.8) is 0 Å². The van der Waals surface area contributed by atoms with Crippen LogP contribution >= 0.6 is 0 Å². The highest BCUT2D eigenvalue weighted by Crippen LogP contribution is 2.15. The quantitative estimate of drug-likeness (QED) is 0.176. The molecule has 0 aliphatic heterocycles. The number of nitrogens with zero attached hydrogens (tertiary/aromatic N) is 2. The minimum Gasteiger partial charge on any atom is -0.480 e. The summed E-state index contributed by atoms with van der Waals surface area (Å²) in [5, 5.41) is 23.0. The Morgan fingerprint density at radius 1 is 1.22 bits per heavy atom. The second-order valence-electron chi connectivity index (χ2n) is 5.70. The average molecular weight is 373 g/mol. The number of fused-ring (bicyclic) bond motifs is 1. The van der Waals surface area contributed by atoms with E-state index in [-0.39, 0.29) is 25.3 Å². The van der Waals surface area contributed by atoms with Gasteiger partial charge in [-0.3, -0.25) is 4.79 Å². The van der Waals surface area contributed by atoms with Crippen LogP contribution in [0.2, 0.25) is 0 Å².